The predicted molar refractivity (Wildman–Crippen MR) is 114 cm³/mol. The average molecular weight is 478 g/mol. The number of nitrogens with one attached hydrogen (secondary N) is 1. The minimum Gasteiger partial charge on any atom is -0.497 e. The maximum atomic E-state index is 12.7. The molecule has 1 amide bonds. The molecule has 2 heterocycles. The number of esters is 1. The van der Waals surface area contributed by atoms with Crippen molar-refractivity contribution in [2.45, 2.75) is 26.1 Å². The van der Waals surface area contributed by atoms with Gasteiger partial charge in [-0.25, -0.2) is 14.5 Å². The standard InChI is InChI=1S/C22H21F3N4O5/c1-12-16(11-27-29(12)19-8-5-14(10-26-19)22(23,24)25)21(31)34-13(2)20(30)28-17-9-15(32-3)6-7-18(17)33-4/h5-11,13H,1-4H3,(H,28,30). The quantitative estimate of drug-likeness (QED) is 0.515. The molecule has 180 valence electrons. The van der Waals surface area contributed by atoms with Crippen LogP contribution in [0.5, 0.6) is 11.5 Å². The van der Waals surface area contributed by atoms with Crippen molar-refractivity contribution in [3.63, 3.8) is 0 Å². The summed E-state index contributed by atoms with van der Waals surface area (Å²) in [5.41, 5.74) is -0.278. The maximum absolute atomic E-state index is 12.7. The smallest absolute Gasteiger partial charge is 0.417 e. The number of halogens is 3. The summed E-state index contributed by atoms with van der Waals surface area (Å²) in [6, 6.07) is 6.81. The van der Waals surface area contributed by atoms with Gasteiger partial charge in [0.05, 0.1) is 37.4 Å². The van der Waals surface area contributed by atoms with Gasteiger partial charge in [-0.05, 0) is 38.1 Å². The molecule has 1 aromatic carbocycles. The summed E-state index contributed by atoms with van der Waals surface area (Å²) in [5.74, 6) is -0.500. The van der Waals surface area contributed by atoms with Crippen LogP contribution in [0.25, 0.3) is 5.82 Å². The third-order valence-corrected chi connectivity index (χ3v) is 4.84. The van der Waals surface area contributed by atoms with Crippen molar-refractivity contribution in [2.75, 3.05) is 19.5 Å². The molecule has 0 aliphatic heterocycles. The number of methoxy groups -OCH3 is 2. The lowest BCUT2D eigenvalue weighted by atomic mass is 10.2. The van der Waals surface area contributed by atoms with Gasteiger partial charge in [0.2, 0.25) is 0 Å². The molecular formula is C22H21F3N4O5. The van der Waals surface area contributed by atoms with Crippen LogP contribution < -0.4 is 14.8 Å². The number of ether oxygens (including phenoxy) is 3. The first-order chi connectivity index (χ1) is 16.0. The van der Waals surface area contributed by atoms with E-state index in [0.717, 1.165) is 12.1 Å². The van der Waals surface area contributed by atoms with Gasteiger partial charge in [0.25, 0.3) is 5.91 Å². The molecule has 3 rings (SSSR count). The van der Waals surface area contributed by atoms with Crippen LogP contribution in [0.2, 0.25) is 0 Å². The molecule has 9 nitrogen and oxygen atoms in total. The average Bonchev–Trinajstić information content (AvgIpc) is 3.19. The topological polar surface area (TPSA) is 105 Å². The fraction of sp³-hybridized carbons (Fsp3) is 0.273. The molecule has 34 heavy (non-hydrogen) atoms. The van der Waals surface area contributed by atoms with Gasteiger partial charge in [0.15, 0.2) is 11.9 Å². The van der Waals surface area contributed by atoms with Crippen LogP contribution in [-0.2, 0) is 15.7 Å². The molecule has 0 radical (unpaired) electrons. The molecule has 0 fully saturated rings. The molecule has 0 aliphatic rings. The first-order valence-corrected chi connectivity index (χ1v) is 9.87. The van der Waals surface area contributed by atoms with Crippen LogP contribution in [0, 0.1) is 6.92 Å². The van der Waals surface area contributed by atoms with Crippen molar-refractivity contribution in [2.24, 2.45) is 0 Å². The van der Waals surface area contributed by atoms with E-state index >= 15 is 0 Å². The number of carbonyl (C=O) groups excluding carboxylic acids is 2. The zero-order chi connectivity index (χ0) is 25.0. The molecular weight excluding hydrogens is 457 g/mol. The van der Waals surface area contributed by atoms with Crippen LogP contribution in [0.1, 0.15) is 28.5 Å². The van der Waals surface area contributed by atoms with E-state index in [9.17, 15) is 22.8 Å². The van der Waals surface area contributed by atoms with Gasteiger partial charge in [-0.15, -0.1) is 0 Å². The SMILES string of the molecule is COc1ccc(OC)c(NC(=O)C(C)OC(=O)c2cnn(-c3ccc(C(F)(F)F)cn3)c2C)c1. The Labute approximate surface area is 192 Å². The summed E-state index contributed by atoms with van der Waals surface area (Å²) in [6.45, 7) is 2.91. The number of pyridine rings is 1. The minimum atomic E-state index is -4.52. The summed E-state index contributed by atoms with van der Waals surface area (Å²) in [5, 5.41) is 6.61. The summed E-state index contributed by atoms with van der Waals surface area (Å²) in [4.78, 5) is 28.9. The fourth-order valence-corrected chi connectivity index (χ4v) is 2.94. The van der Waals surface area contributed by atoms with Crippen molar-refractivity contribution in [3.05, 3.63) is 59.5 Å². The van der Waals surface area contributed by atoms with E-state index in [1.54, 1.807) is 18.2 Å². The minimum absolute atomic E-state index is 0.0281. The second-order valence-corrected chi connectivity index (χ2v) is 7.06. The highest BCUT2D eigenvalue weighted by Crippen LogP contribution is 2.30. The summed E-state index contributed by atoms with van der Waals surface area (Å²) >= 11 is 0. The Balaban J connectivity index is 1.71. The van der Waals surface area contributed by atoms with Gasteiger partial charge in [0.1, 0.15) is 17.1 Å². The Morgan fingerprint density at radius 3 is 2.41 bits per heavy atom. The molecule has 2 aromatic heterocycles. The highest BCUT2D eigenvalue weighted by atomic mass is 19.4. The maximum Gasteiger partial charge on any atom is 0.417 e. The van der Waals surface area contributed by atoms with E-state index in [2.05, 4.69) is 15.4 Å². The first kappa shape index (κ1) is 24.6. The van der Waals surface area contributed by atoms with Gasteiger partial charge < -0.3 is 19.5 Å². The Bertz CT molecular complexity index is 1190. The molecule has 1 atom stereocenters. The van der Waals surface area contributed by atoms with Gasteiger partial charge >= 0.3 is 12.1 Å². The molecule has 0 bridgehead atoms. The lowest BCUT2D eigenvalue weighted by molar-refractivity contribution is -0.137. The van der Waals surface area contributed by atoms with Crippen molar-refractivity contribution >= 4 is 17.6 Å². The number of aromatic nitrogens is 3. The first-order valence-electron chi connectivity index (χ1n) is 9.87. The summed E-state index contributed by atoms with van der Waals surface area (Å²) in [7, 11) is 2.91. The van der Waals surface area contributed by atoms with Crippen molar-refractivity contribution in [3.8, 4) is 17.3 Å². The highest BCUT2D eigenvalue weighted by Gasteiger charge is 2.31. The van der Waals surface area contributed by atoms with E-state index in [1.807, 2.05) is 0 Å². The van der Waals surface area contributed by atoms with Crippen LogP contribution in [-0.4, -0.2) is 47.0 Å². The van der Waals surface area contributed by atoms with E-state index in [4.69, 9.17) is 14.2 Å². The molecule has 1 unspecified atom stereocenters. The zero-order valence-corrected chi connectivity index (χ0v) is 18.6. The van der Waals surface area contributed by atoms with Gasteiger partial charge in [-0.1, -0.05) is 0 Å². The molecule has 0 spiro atoms. The lowest BCUT2D eigenvalue weighted by Crippen LogP contribution is -2.30. The number of anilines is 1. The normalized spacial score (nSPS) is 12.1. The molecule has 0 saturated carbocycles. The second-order valence-electron chi connectivity index (χ2n) is 7.06. The second kappa shape index (κ2) is 9.81. The third-order valence-electron chi connectivity index (χ3n) is 4.84. The Morgan fingerprint density at radius 1 is 1.09 bits per heavy atom. The van der Waals surface area contributed by atoms with Crippen LogP contribution in [0.3, 0.4) is 0 Å². The highest BCUT2D eigenvalue weighted by molar-refractivity contribution is 5.98. The van der Waals surface area contributed by atoms with Gasteiger partial charge in [0, 0.05) is 12.3 Å². The molecule has 12 heteroatoms. The number of amides is 1. The van der Waals surface area contributed by atoms with Crippen molar-refractivity contribution in [1.82, 2.24) is 14.8 Å². The number of carbonyl (C=O) groups is 2. The number of benzene rings is 1. The van der Waals surface area contributed by atoms with E-state index in [-0.39, 0.29) is 17.1 Å². The molecule has 1 N–H and O–H groups in total. The van der Waals surface area contributed by atoms with Crippen LogP contribution in [0.4, 0.5) is 18.9 Å². The monoisotopic (exact) mass is 478 g/mol. The van der Waals surface area contributed by atoms with Gasteiger partial charge in [-0.3, -0.25) is 4.79 Å². The number of alkyl halides is 3. The molecule has 3 aromatic rings. The predicted octanol–water partition coefficient (Wildman–Crippen LogP) is 3.80. The Kier molecular flexibility index (Phi) is 7.08. The Morgan fingerprint density at radius 2 is 1.82 bits per heavy atom. The zero-order valence-electron chi connectivity index (χ0n) is 18.6. The van der Waals surface area contributed by atoms with Crippen LogP contribution in [0.15, 0.2) is 42.7 Å². The van der Waals surface area contributed by atoms with Crippen molar-refractivity contribution < 1.29 is 37.0 Å². The third kappa shape index (κ3) is 5.27. The number of hydrogen-bond donors (Lipinski definition) is 1. The number of nitrogens with zero attached hydrogens (tertiary/aromatic N) is 3. The molecule has 0 saturated heterocycles. The lowest BCUT2D eigenvalue weighted by Gasteiger charge is -2.16. The summed E-state index contributed by atoms with van der Waals surface area (Å²) < 4.78 is 55.0. The van der Waals surface area contributed by atoms with E-state index < -0.39 is 29.7 Å². The fourth-order valence-electron chi connectivity index (χ4n) is 2.94. The van der Waals surface area contributed by atoms with Crippen LogP contribution >= 0.6 is 0 Å². The van der Waals surface area contributed by atoms with Gasteiger partial charge in [-0.2, -0.15) is 18.3 Å². The van der Waals surface area contributed by atoms with E-state index in [0.29, 0.717) is 23.4 Å². The van der Waals surface area contributed by atoms with E-state index in [1.165, 1.54) is 38.9 Å². The summed E-state index contributed by atoms with van der Waals surface area (Å²) in [6.07, 6.45) is -3.85. The Hall–Kier alpha value is -4.09. The molecule has 0 aliphatic carbocycles. The number of hydrogen-bond acceptors (Lipinski definition) is 7. The number of rotatable bonds is 7. The van der Waals surface area contributed by atoms with Crippen molar-refractivity contribution in [1.29, 1.82) is 0 Å². The largest absolute Gasteiger partial charge is 0.497 e.